The second-order valence-electron chi connectivity index (χ2n) is 16.8. The zero-order valence-electron chi connectivity index (χ0n) is 32.1. The molecule has 0 aromatic heterocycles. The van der Waals surface area contributed by atoms with Crippen LogP contribution in [0, 0.1) is 22.7 Å². The molecule has 0 spiro atoms. The normalized spacial score (nSPS) is 39.2. The molecular formula is C40H58O10Si. The van der Waals surface area contributed by atoms with Crippen molar-refractivity contribution < 1.29 is 47.6 Å². The Kier molecular flexibility index (Phi) is 9.78. The minimum Gasteiger partial charge on any atom is -0.465 e. The van der Waals surface area contributed by atoms with Crippen LogP contribution in [0.1, 0.15) is 105 Å². The number of esters is 2. The van der Waals surface area contributed by atoms with Gasteiger partial charge in [-0.2, -0.15) is 0 Å². The highest BCUT2D eigenvalue weighted by molar-refractivity contribution is 6.73. The first-order valence-corrected chi connectivity index (χ1v) is 21.6. The summed E-state index contributed by atoms with van der Waals surface area (Å²) >= 11 is 0. The Bertz CT molecular complexity index is 1560. The van der Waals surface area contributed by atoms with E-state index in [4.69, 9.17) is 28.1 Å². The molecule has 6 rings (SSSR count). The van der Waals surface area contributed by atoms with E-state index in [2.05, 4.69) is 27.7 Å². The summed E-state index contributed by atoms with van der Waals surface area (Å²) in [5.74, 6) is -3.39. The molecule has 3 aliphatic carbocycles. The Morgan fingerprint density at radius 1 is 1.00 bits per heavy atom. The van der Waals surface area contributed by atoms with Crippen molar-refractivity contribution in [3.8, 4) is 0 Å². The van der Waals surface area contributed by atoms with Crippen molar-refractivity contribution in [1.82, 2.24) is 0 Å². The van der Waals surface area contributed by atoms with Gasteiger partial charge in [-0.1, -0.05) is 73.6 Å². The molecule has 11 heteroatoms. The number of fused-ring (bicyclic) bond motifs is 7. The molecule has 0 amide bonds. The van der Waals surface area contributed by atoms with Gasteiger partial charge in [0, 0.05) is 49.9 Å². The average Bonchev–Trinajstić information content (AvgIpc) is 3.40. The van der Waals surface area contributed by atoms with Crippen LogP contribution in [-0.4, -0.2) is 79.2 Å². The van der Waals surface area contributed by atoms with Crippen LogP contribution in [0.2, 0.25) is 18.1 Å². The van der Waals surface area contributed by atoms with Gasteiger partial charge in [-0.3, -0.25) is 9.59 Å². The largest absolute Gasteiger partial charge is 0.465 e. The summed E-state index contributed by atoms with van der Waals surface area (Å²) in [7, 11) is -2.34. The fraction of sp³-hybridized carbons (Fsp3) is 0.725. The molecule has 9 atom stereocenters. The van der Waals surface area contributed by atoms with Crippen molar-refractivity contribution in [3.05, 3.63) is 47.2 Å². The highest BCUT2D eigenvalue weighted by Gasteiger charge is 2.79. The monoisotopic (exact) mass is 726 g/mol. The highest BCUT2D eigenvalue weighted by atomic mass is 28.4. The van der Waals surface area contributed by atoms with Gasteiger partial charge in [-0.05, 0) is 42.3 Å². The van der Waals surface area contributed by atoms with Crippen LogP contribution in [0.15, 0.2) is 41.7 Å². The summed E-state index contributed by atoms with van der Waals surface area (Å²) < 4.78 is 40.9. The Morgan fingerprint density at radius 2 is 1.65 bits per heavy atom. The van der Waals surface area contributed by atoms with Gasteiger partial charge in [0.05, 0.1) is 24.2 Å². The molecule has 2 saturated carbocycles. The number of carbonyl (C=O) groups excluding carboxylic acids is 3. The molecule has 2 heterocycles. The van der Waals surface area contributed by atoms with E-state index in [0.29, 0.717) is 29.7 Å². The lowest BCUT2D eigenvalue weighted by Gasteiger charge is -2.69. The predicted octanol–water partition coefficient (Wildman–Crippen LogP) is 6.89. The van der Waals surface area contributed by atoms with E-state index in [1.807, 2.05) is 47.6 Å². The van der Waals surface area contributed by atoms with Gasteiger partial charge in [-0.25, -0.2) is 4.79 Å². The molecule has 1 aromatic rings. The lowest BCUT2D eigenvalue weighted by molar-refractivity contribution is -0.358. The van der Waals surface area contributed by atoms with Crippen LogP contribution in [0.5, 0.6) is 0 Å². The van der Waals surface area contributed by atoms with Gasteiger partial charge in [0.25, 0.3) is 0 Å². The van der Waals surface area contributed by atoms with Crippen molar-refractivity contribution >= 4 is 26.0 Å². The van der Waals surface area contributed by atoms with E-state index in [-0.39, 0.29) is 25.2 Å². The number of ketones is 1. The van der Waals surface area contributed by atoms with Gasteiger partial charge in [-0.15, -0.1) is 0 Å². The quantitative estimate of drug-likeness (QED) is 0.201. The van der Waals surface area contributed by atoms with E-state index in [0.717, 1.165) is 18.1 Å². The van der Waals surface area contributed by atoms with Crippen LogP contribution in [0.25, 0.3) is 0 Å². The van der Waals surface area contributed by atoms with E-state index in [1.54, 1.807) is 24.3 Å². The summed E-state index contributed by atoms with van der Waals surface area (Å²) in [4.78, 5) is 42.2. The zero-order chi connectivity index (χ0) is 37.4. The first kappa shape index (κ1) is 38.2. The minimum absolute atomic E-state index is 0.0289. The smallest absolute Gasteiger partial charge is 0.338 e. The standard InChI is InChI=1S/C40H58O10Si/c1-11-18-29(42)47-39-23-45-28(39)21-27(50-51(12-2,13-3)14-4)38(10)32(39)34(46-35(43)25-19-16-15-17-20-25)40(44)22-26(41)24(5)30(36(40,6)7)31-33(38)49-37(8,9)48-31/h15-17,19-20,24,27-28,32-34,44H,11-14,18,21-23H2,1-10H3/b31-30+/t24?,27?,28?,32?,33?,34?,38-,39?,40?/m1/s1. The number of hydrogen-bond donors (Lipinski definition) is 1. The Balaban J connectivity index is 1.70. The Hall–Kier alpha value is -2.57. The molecule has 5 aliphatic rings. The molecule has 2 saturated heterocycles. The number of benzene rings is 1. The van der Waals surface area contributed by atoms with Crippen molar-refractivity contribution in [2.45, 2.75) is 154 Å². The number of ether oxygens (including phenoxy) is 5. The molecule has 8 unspecified atom stereocenters. The number of hydrogen-bond acceptors (Lipinski definition) is 10. The SMILES string of the molecule is CCCC(=O)OC12COC1CC(O[Si](CC)(CC)CC)[C@@]1(C)C3OC(C)(C)O/C3=C3\C(C)C(=O)CC(O)(C(OC(=O)c4ccccc4)C21)C3(C)C. The van der Waals surface area contributed by atoms with Crippen LogP contribution in [-0.2, 0) is 37.7 Å². The zero-order valence-corrected chi connectivity index (χ0v) is 33.1. The number of aliphatic hydroxyl groups is 1. The van der Waals surface area contributed by atoms with Crippen LogP contribution in [0.4, 0.5) is 0 Å². The van der Waals surface area contributed by atoms with Gasteiger partial charge < -0.3 is 33.2 Å². The third-order valence-corrected chi connectivity index (χ3v) is 18.1. The van der Waals surface area contributed by atoms with Gasteiger partial charge in [0.2, 0.25) is 5.79 Å². The lowest BCUT2D eigenvalue weighted by atomic mass is 9.44. The summed E-state index contributed by atoms with van der Waals surface area (Å²) in [6.45, 7) is 19.9. The average molecular weight is 727 g/mol. The van der Waals surface area contributed by atoms with Crippen molar-refractivity contribution in [3.63, 3.8) is 0 Å². The predicted molar refractivity (Wildman–Crippen MR) is 192 cm³/mol. The summed E-state index contributed by atoms with van der Waals surface area (Å²) in [6, 6.07) is 11.3. The molecule has 1 N–H and O–H groups in total. The second-order valence-corrected chi connectivity index (χ2v) is 21.5. The molecule has 282 valence electrons. The molecule has 1 aromatic carbocycles. The summed E-state index contributed by atoms with van der Waals surface area (Å²) in [5.41, 5.74) is -4.60. The van der Waals surface area contributed by atoms with Crippen LogP contribution >= 0.6 is 0 Å². The fourth-order valence-electron chi connectivity index (χ4n) is 10.2. The minimum atomic E-state index is -2.34. The highest BCUT2D eigenvalue weighted by Crippen LogP contribution is 2.68. The lowest BCUT2D eigenvalue weighted by Crippen LogP contribution is -2.82. The third kappa shape index (κ3) is 5.67. The molecule has 4 fully saturated rings. The molecule has 2 bridgehead atoms. The maximum atomic E-state index is 14.3. The summed E-state index contributed by atoms with van der Waals surface area (Å²) in [6.07, 6.45) is -2.40. The number of rotatable bonds is 10. The molecule has 2 aliphatic heterocycles. The van der Waals surface area contributed by atoms with Crippen LogP contribution in [0.3, 0.4) is 0 Å². The number of Topliss-reactive ketones (excluding diaryl/α,β-unsaturated/α-hetero) is 1. The molecular weight excluding hydrogens is 669 g/mol. The van der Waals surface area contributed by atoms with Gasteiger partial charge >= 0.3 is 11.9 Å². The molecule has 51 heavy (non-hydrogen) atoms. The maximum absolute atomic E-state index is 14.3. The van der Waals surface area contributed by atoms with Crippen molar-refractivity contribution in [2.75, 3.05) is 6.61 Å². The topological polar surface area (TPSA) is 127 Å². The van der Waals surface area contributed by atoms with Crippen molar-refractivity contribution in [1.29, 1.82) is 0 Å². The van der Waals surface area contributed by atoms with Gasteiger partial charge in [0.15, 0.2) is 13.9 Å². The van der Waals surface area contributed by atoms with Crippen LogP contribution < -0.4 is 0 Å². The van der Waals surface area contributed by atoms with E-state index >= 15 is 0 Å². The van der Waals surface area contributed by atoms with E-state index in [9.17, 15) is 19.5 Å². The second kappa shape index (κ2) is 13.1. The maximum Gasteiger partial charge on any atom is 0.338 e. The van der Waals surface area contributed by atoms with Crippen molar-refractivity contribution in [2.24, 2.45) is 22.7 Å². The third-order valence-electron chi connectivity index (χ3n) is 13.4. The fourth-order valence-corrected chi connectivity index (χ4v) is 13.1. The summed E-state index contributed by atoms with van der Waals surface area (Å²) in [5, 5.41) is 13.5. The number of carbonyl (C=O) groups is 3. The molecule has 10 nitrogen and oxygen atoms in total. The Morgan fingerprint density at radius 3 is 2.22 bits per heavy atom. The first-order chi connectivity index (χ1) is 23.9. The molecule has 0 radical (unpaired) electrons. The first-order valence-electron chi connectivity index (χ1n) is 19.0. The van der Waals surface area contributed by atoms with Gasteiger partial charge in [0.1, 0.15) is 35.5 Å². The van der Waals surface area contributed by atoms with E-state index < -0.39 is 84.3 Å². The van der Waals surface area contributed by atoms with E-state index in [1.165, 1.54) is 0 Å². The Labute approximate surface area is 304 Å².